The van der Waals surface area contributed by atoms with Crippen LogP contribution in [0.3, 0.4) is 0 Å². The number of piperidine rings is 1. The molecule has 2 amide bonds. The second-order valence-electron chi connectivity index (χ2n) is 6.79. The minimum absolute atomic E-state index is 0.299. The Morgan fingerprint density at radius 3 is 2.74 bits per heavy atom. The third-order valence-corrected chi connectivity index (χ3v) is 6.06. The van der Waals surface area contributed by atoms with Gasteiger partial charge in [0, 0.05) is 31.0 Å². The van der Waals surface area contributed by atoms with Gasteiger partial charge in [-0.2, -0.15) is 16.9 Å². The minimum Gasteiger partial charge on any atom is -0.306 e. The molecular formula is C19H26ClN5OS. The maximum Gasteiger partial charge on any atom is 0.324 e. The zero-order valence-corrected chi connectivity index (χ0v) is 17.3. The minimum atomic E-state index is -0.323. The highest BCUT2D eigenvalue weighted by atomic mass is 35.5. The summed E-state index contributed by atoms with van der Waals surface area (Å²) >= 11 is 7.99. The van der Waals surface area contributed by atoms with Gasteiger partial charge in [-0.1, -0.05) is 23.7 Å². The van der Waals surface area contributed by atoms with Crippen molar-refractivity contribution in [2.75, 3.05) is 35.7 Å². The molecule has 146 valence electrons. The lowest BCUT2D eigenvalue weighted by atomic mass is 10.0. The number of para-hydroxylation sites is 1. The third-order valence-electron chi connectivity index (χ3n) is 4.91. The number of rotatable bonds is 6. The molecule has 0 aliphatic carbocycles. The number of carbonyl (C=O) groups is 1. The third kappa shape index (κ3) is 5.18. The monoisotopic (exact) mass is 407 g/mol. The van der Waals surface area contributed by atoms with Gasteiger partial charge in [0.2, 0.25) is 0 Å². The average molecular weight is 408 g/mol. The number of likely N-dealkylation sites (tertiary alicyclic amines) is 1. The number of anilines is 2. The molecule has 0 spiro atoms. The molecule has 8 heteroatoms. The maximum absolute atomic E-state index is 12.3. The van der Waals surface area contributed by atoms with Crippen molar-refractivity contribution in [2.45, 2.75) is 31.8 Å². The number of thioether (sulfide) groups is 1. The van der Waals surface area contributed by atoms with Crippen LogP contribution in [0.2, 0.25) is 5.02 Å². The molecule has 2 aromatic rings. The number of carbonyl (C=O) groups excluding carboxylic acids is 1. The summed E-state index contributed by atoms with van der Waals surface area (Å²) in [6.45, 7) is 4.39. The molecular weight excluding hydrogens is 382 g/mol. The molecule has 2 heterocycles. The van der Waals surface area contributed by atoms with Gasteiger partial charge in [0.25, 0.3) is 0 Å². The van der Waals surface area contributed by atoms with Gasteiger partial charge in [0.05, 0.1) is 22.9 Å². The van der Waals surface area contributed by atoms with Crippen LogP contribution >= 0.6 is 23.4 Å². The average Bonchev–Trinajstić information content (AvgIpc) is 3.12. The van der Waals surface area contributed by atoms with E-state index in [1.54, 1.807) is 18.3 Å². The van der Waals surface area contributed by atoms with Gasteiger partial charge in [0.15, 0.2) is 0 Å². The van der Waals surface area contributed by atoms with E-state index in [-0.39, 0.29) is 6.03 Å². The van der Waals surface area contributed by atoms with E-state index in [1.807, 2.05) is 34.6 Å². The van der Waals surface area contributed by atoms with Crippen LogP contribution in [0.5, 0.6) is 0 Å². The first-order valence-corrected chi connectivity index (χ1v) is 10.9. The van der Waals surface area contributed by atoms with Gasteiger partial charge in [-0.3, -0.25) is 10.2 Å². The molecule has 6 nitrogen and oxygen atoms in total. The van der Waals surface area contributed by atoms with Crippen LogP contribution in [0.15, 0.2) is 36.5 Å². The number of aromatic nitrogens is 2. The van der Waals surface area contributed by atoms with Crippen molar-refractivity contribution in [1.82, 2.24) is 14.7 Å². The van der Waals surface area contributed by atoms with Crippen LogP contribution in [-0.2, 0) is 0 Å². The van der Waals surface area contributed by atoms with Crippen molar-refractivity contribution in [3.8, 4) is 0 Å². The zero-order chi connectivity index (χ0) is 19.2. The van der Waals surface area contributed by atoms with Gasteiger partial charge in [-0.25, -0.2) is 9.48 Å². The first-order valence-electron chi connectivity index (χ1n) is 9.17. The first kappa shape index (κ1) is 20.0. The smallest absolute Gasteiger partial charge is 0.306 e. The fourth-order valence-electron chi connectivity index (χ4n) is 3.45. The van der Waals surface area contributed by atoms with E-state index in [2.05, 4.69) is 33.8 Å². The van der Waals surface area contributed by atoms with Crippen molar-refractivity contribution >= 4 is 40.9 Å². The summed E-state index contributed by atoms with van der Waals surface area (Å²) < 4.78 is 1.93. The second kappa shape index (κ2) is 9.48. The van der Waals surface area contributed by atoms with Crippen LogP contribution < -0.4 is 10.6 Å². The van der Waals surface area contributed by atoms with E-state index in [9.17, 15) is 4.79 Å². The highest BCUT2D eigenvalue weighted by Crippen LogP contribution is 2.27. The van der Waals surface area contributed by atoms with Crippen molar-refractivity contribution in [1.29, 1.82) is 0 Å². The predicted octanol–water partition coefficient (Wildman–Crippen LogP) is 4.57. The number of amides is 2. The Labute approximate surface area is 169 Å². The van der Waals surface area contributed by atoms with E-state index in [0.29, 0.717) is 28.6 Å². The number of halogens is 1. The van der Waals surface area contributed by atoms with Gasteiger partial charge in [0.1, 0.15) is 5.82 Å². The van der Waals surface area contributed by atoms with Crippen LogP contribution in [0.1, 0.15) is 25.8 Å². The van der Waals surface area contributed by atoms with E-state index in [0.717, 1.165) is 31.7 Å². The predicted molar refractivity (Wildman–Crippen MR) is 114 cm³/mol. The van der Waals surface area contributed by atoms with Crippen LogP contribution in [0.25, 0.3) is 0 Å². The molecule has 2 N–H and O–H groups in total. The van der Waals surface area contributed by atoms with Gasteiger partial charge >= 0.3 is 6.03 Å². The maximum atomic E-state index is 12.3. The van der Waals surface area contributed by atoms with Crippen molar-refractivity contribution in [3.63, 3.8) is 0 Å². The highest BCUT2D eigenvalue weighted by molar-refractivity contribution is 7.98. The quantitative estimate of drug-likeness (QED) is 0.736. The molecule has 0 bridgehead atoms. The lowest BCUT2D eigenvalue weighted by molar-refractivity contribution is 0.150. The standard InChI is InChI=1S/C19H26ClN5OS/c1-14(13-27-2)24-11-8-15(9-12-24)25-18(7-10-21-25)23-19(26)22-17-6-4-3-5-16(17)20/h3-7,10,14-15H,8-9,11-13H2,1-2H3,(H2,22,23,26). The summed E-state index contributed by atoms with van der Waals surface area (Å²) in [6.07, 6.45) is 5.94. The molecule has 0 saturated carbocycles. The normalized spacial score (nSPS) is 16.9. The molecule has 27 heavy (non-hydrogen) atoms. The number of hydrogen-bond acceptors (Lipinski definition) is 4. The fraction of sp³-hybridized carbons (Fsp3) is 0.474. The van der Waals surface area contributed by atoms with Crippen LogP contribution in [0, 0.1) is 0 Å². The summed E-state index contributed by atoms with van der Waals surface area (Å²) in [4.78, 5) is 14.9. The Kier molecular flexibility index (Phi) is 7.04. The Bertz CT molecular complexity index is 760. The fourth-order valence-corrected chi connectivity index (χ4v) is 4.33. The van der Waals surface area contributed by atoms with Gasteiger partial charge in [-0.15, -0.1) is 0 Å². The van der Waals surface area contributed by atoms with Crippen LogP contribution in [-0.4, -0.2) is 51.9 Å². The van der Waals surface area contributed by atoms with E-state index in [4.69, 9.17) is 11.6 Å². The van der Waals surface area contributed by atoms with Crippen molar-refractivity contribution in [3.05, 3.63) is 41.6 Å². The molecule has 1 aliphatic heterocycles. The SMILES string of the molecule is CSCC(C)N1CCC(n2nccc2NC(=O)Nc2ccccc2Cl)CC1. The number of nitrogens with zero attached hydrogens (tertiary/aromatic N) is 3. The molecule has 3 rings (SSSR count). The second-order valence-corrected chi connectivity index (χ2v) is 8.11. The Morgan fingerprint density at radius 2 is 2.04 bits per heavy atom. The van der Waals surface area contributed by atoms with Crippen LogP contribution in [0.4, 0.5) is 16.3 Å². The van der Waals surface area contributed by atoms with Crippen molar-refractivity contribution in [2.24, 2.45) is 0 Å². The highest BCUT2D eigenvalue weighted by Gasteiger charge is 2.25. The summed E-state index contributed by atoms with van der Waals surface area (Å²) in [6, 6.07) is 9.57. The van der Waals surface area contributed by atoms with Crippen molar-refractivity contribution < 1.29 is 4.79 Å². The molecule has 1 aromatic carbocycles. The lowest BCUT2D eigenvalue weighted by Gasteiger charge is -2.36. The Balaban J connectivity index is 1.58. The topological polar surface area (TPSA) is 62.2 Å². The van der Waals surface area contributed by atoms with Gasteiger partial charge in [-0.05, 0) is 38.2 Å². The summed E-state index contributed by atoms with van der Waals surface area (Å²) in [5.74, 6) is 1.86. The molecule has 0 radical (unpaired) electrons. The largest absolute Gasteiger partial charge is 0.324 e. The van der Waals surface area contributed by atoms with E-state index in [1.165, 1.54) is 0 Å². The first-order chi connectivity index (χ1) is 13.1. The number of urea groups is 1. The zero-order valence-electron chi connectivity index (χ0n) is 15.7. The molecule has 1 saturated heterocycles. The Hall–Kier alpha value is -1.70. The molecule has 1 unspecified atom stereocenters. The van der Waals surface area contributed by atoms with Gasteiger partial charge < -0.3 is 5.32 Å². The molecule has 1 atom stereocenters. The summed E-state index contributed by atoms with van der Waals surface area (Å²) in [5.41, 5.74) is 0.582. The lowest BCUT2D eigenvalue weighted by Crippen LogP contribution is -2.41. The number of benzene rings is 1. The molecule has 1 fully saturated rings. The number of hydrogen-bond donors (Lipinski definition) is 2. The molecule has 1 aliphatic rings. The van der Waals surface area contributed by atoms with E-state index >= 15 is 0 Å². The van der Waals surface area contributed by atoms with E-state index < -0.39 is 0 Å². The number of nitrogens with one attached hydrogen (secondary N) is 2. The summed E-state index contributed by atoms with van der Waals surface area (Å²) in [7, 11) is 0. The molecule has 1 aromatic heterocycles. The summed E-state index contributed by atoms with van der Waals surface area (Å²) in [5, 5.41) is 10.6. The Morgan fingerprint density at radius 1 is 1.30 bits per heavy atom.